The second-order valence-electron chi connectivity index (χ2n) is 8.10. The lowest BCUT2D eigenvalue weighted by Crippen LogP contribution is -2.23. The van der Waals surface area contributed by atoms with Crippen molar-refractivity contribution in [2.75, 3.05) is 13.7 Å². The summed E-state index contributed by atoms with van der Waals surface area (Å²) in [5, 5.41) is 11.0. The summed E-state index contributed by atoms with van der Waals surface area (Å²) in [5.41, 5.74) is 0.771. The summed E-state index contributed by atoms with van der Waals surface area (Å²) in [5.74, 6) is 0.416. The molecule has 0 bridgehead atoms. The van der Waals surface area contributed by atoms with Gasteiger partial charge in [-0.15, -0.1) is 11.3 Å². The van der Waals surface area contributed by atoms with Crippen molar-refractivity contribution < 1.29 is 28.9 Å². The molecule has 6 nitrogen and oxygen atoms in total. The maximum atomic E-state index is 11.6. The average Bonchev–Trinajstić information content (AvgIpc) is 3.37. The molecule has 1 heterocycles. The number of halogens is 1. The number of rotatable bonds is 10. The molecular formula is C24H29ClO6S. The number of esters is 2. The molecule has 8 heteroatoms. The number of aliphatic hydroxyl groups is 1. The van der Waals surface area contributed by atoms with Gasteiger partial charge in [-0.25, -0.2) is 4.79 Å². The van der Waals surface area contributed by atoms with Crippen molar-refractivity contribution in [1.82, 2.24) is 0 Å². The number of aryl methyl sites for hydroxylation is 1. The lowest BCUT2D eigenvalue weighted by atomic mass is 9.90. The SMILES string of the molecule is COC(=O)c1ccc(CCC[C@@H]2[C@@H](COc3cc(Cl)cc(COC(C)=O)c3)CC[C@@H]2O)s1. The molecular weight excluding hydrogens is 452 g/mol. The third-order valence-electron chi connectivity index (χ3n) is 5.78. The molecule has 1 aromatic carbocycles. The Balaban J connectivity index is 1.51. The Labute approximate surface area is 197 Å². The normalized spacial score (nSPS) is 20.2. The second kappa shape index (κ2) is 11.7. The third kappa shape index (κ3) is 6.95. The molecule has 1 fully saturated rings. The number of ether oxygens (including phenoxy) is 3. The smallest absolute Gasteiger partial charge is 0.348 e. The lowest BCUT2D eigenvalue weighted by molar-refractivity contribution is -0.142. The molecule has 0 unspecified atom stereocenters. The fourth-order valence-corrected chi connectivity index (χ4v) is 5.39. The van der Waals surface area contributed by atoms with Crippen molar-refractivity contribution in [3.05, 3.63) is 50.7 Å². The minimum absolute atomic E-state index is 0.150. The third-order valence-corrected chi connectivity index (χ3v) is 7.12. The fraction of sp³-hybridized carbons (Fsp3) is 0.500. The molecule has 0 saturated heterocycles. The largest absolute Gasteiger partial charge is 0.493 e. The van der Waals surface area contributed by atoms with E-state index in [4.69, 9.17) is 25.8 Å². The Hall–Kier alpha value is -2.09. The molecule has 3 atom stereocenters. The minimum Gasteiger partial charge on any atom is -0.493 e. The van der Waals surface area contributed by atoms with Gasteiger partial charge in [-0.2, -0.15) is 0 Å². The van der Waals surface area contributed by atoms with Crippen LogP contribution in [0.5, 0.6) is 5.75 Å². The molecule has 174 valence electrons. The van der Waals surface area contributed by atoms with E-state index in [2.05, 4.69) is 0 Å². The fourth-order valence-electron chi connectivity index (χ4n) is 4.17. The van der Waals surface area contributed by atoms with Crippen LogP contribution in [0.1, 0.15) is 52.7 Å². The van der Waals surface area contributed by atoms with Crippen LogP contribution in [0.2, 0.25) is 5.02 Å². The highest BCUT2D eigenvalue weighted by Gasteiger charge is 2.34. The van der Waals surface area contributed by atoms with Crippen molar-refractivity contribution in [2.24, 2.45) is 11.8 Å². The molecule has 1 saturated carbocycles. The maximum Gasteiger partial charge on any atom is 0.348 e. The summed E-state index contributed by atoms with van der Waals surface area (Å²) < 4.78 is 15.8. The van der Waals surface area contributed by atoms with E-state index in [0.29, 0.717) is 22.3 Å². The van der Waals surface area contributed by atoms with Gasteiger partial charge in [0.05, 0.1) is 19.8 Å². The van der Waals surface area contributed by atoms with Gasteiger partial charge in [-0.05, 0) is 79.8 Å². The summed E-state index contributed by atoms with van der Waals surface area (Å²) in [6, 6.07) is 9.08. The van der Waals surface area contributed by atoms with Crippen molar-refractivity contribution in [1.29, 1.82) is 0 Å². The highest BCUT2D eigenvalue weighted by atomic mass is 35.5. The number of hydrogen-bond acceptors (Lipinski definition) is 7. The van der Waals surface area contributed by atoms with Gasteiger partial charge in [0.25, 0.3) is 0 Å². The quantitative estimate of drug-likeness (QED) is 0.480. The molecule has 1 aromatic heterocycles. The number of aliphatic hydroxyl groups excluding tert-OH is 1. The number of carbonyl (C=O) groups excluding carboxylic acids is 2. The molecule has 2 aromatic rings. The van der Waals surface area contributed by atoms with Crippen molar-refractivity contribution >= 4 is 34.9 Å². The number of hydrogen-bond donors (Lipinski definition) is 1. The zero-order chi connectivity index (χ0) is 23.1. The van der Waals surface area contributed by atoms with Crippen LogP contribution in [-0.2, 0) is 27.3 Å². The van der Waals surface area contributed by atoms with Crippen LogP contribution in [0.15, 0.2) is 30.3 Å². The van der Waals surface area contributed by atoms with Crippen molar-refractivity contribution in [3.8, 4) is 5.75 Å². The number of carbonyl (C=O) groups is 2. The van der Waals surface area contributed by atoms with E-state index in [0.717, 1.165) is 42.5 Å². The van der Waals surface area contributed by atoms with Gasteiger partial charge in [0.15, 0.2) is 0 Å². The Morgan fingerprint density at radius 2 is 2.03 bits per heavy atom. The van der Waals surface area contributed by atoms with E-state index in [1.165, 1.54) is 25.4 Å². The van der Waals surface area contributed by atoms with Crippen LogP contribution in [0.3, 0.4) is 0 Å². The summed E-state index contributed by atoms with van der Waals surface area (Å²) in [6.45, 7) is 2.02. The Kier molecular flexibility index (Phi) is 8.96. The highest BCUT2D eigenvalue weighted by molar-refractivity contribution is 7.13. The van der Waals surface area contributed by atoms with Crippen LogP contribution in [0.25, 0.3) is 0 Å². The maximum absolute atomic E-state index is 11.6. The monoisotopic (exact) mass is 480 g/mol. The van der Waals surface area contributed by atoms with Crippen LogP contribution in [-0.4, -0.2) is 36.9 Å². The highest BCUT2D eigenvalue weighted by Crippen LogP contribution is 2.36. The van der Waals surface area contributed by atoms with Gasteiger partial charge in [0, 0.05) is 16.8 Å². The molecule has 0 aliphatic heterocycles. The van der Waals surface area contributed by atoms with E-state index in [1.54, 1.807) is 18.2 Å². The van der Waals surface area contributed by atoms with Crippen LogP contribution in [0.4, 0.5) is 0 Å². The topological polar surface area (TPSA) is 82.1 Å². The molecule has 0 amide bonds. The first kappa shape index (κ1) is 24.6. The van der Waals surface area contributed by atoms with E-state index in [9.17, 15) is 14.7 Å². The second-order valence-corrected chi connectivity index (χ2v) is 9.71. The van der Waals surface area contributed by atoms with Crippen LogP contribution >= 0.6 is 22.9 Å². The number of methoxy groups -OCH3 is 1. The Morgan fingerprint density at radius 3 is 2.78 bits per heavy atom. The Morgan fingerprint density at radius 1 is 1.22 bits per heavy atom. The first-order valence-electron chi connectivity index (χ1n) is 10.8. The van der Waals surface area contributed by atoms with Gasteiger partial charge >= 0.3 is 11.9 Å². The molecule has 1 aliphatic carbocycles. The summed E-state index contributed by atoms with van der Waals surface area (Å²) in [4.78, 5) is 24.4. The molecule has 3 rings (SSSR count). The molecule has 0 spiro atoms. The average molecular weight is 481 g/mol. The Bertz CT molecular complexity index is 927. The zero-order valence-electron chi connectivity index (χ0n) is 18.3. The predicted molar refractivity (Wildman–Crippen MR) is 123 cm³/mol. The molecule has 32 heavy (non-hydrogen) atoms. The van der Waals surface area contributed by atoms with Crippen LogP contribution < -0.4 is 4.74 Å². The van der Waals surface area contributed by atoms with Gasteiger partial charge < -0.3 is 19.3 Å². The van der Waals surface area contributed by atoms with E-state index in [-0.39, 0.29) is 36.5 Å². The van der Waals surface area contributed by atoms with Crippen LogP contribution in [0, 0.1) is 11.8 Å². The molecule has 1 N–H and O–H groups in total. The van der Waals surface area contributed by atoms with Gasteiger partial charge in [-0.3, -0.25) is 4.79 Å². The van der Waals surface area contributed by atoms with E-state index >= 15 is 0 Å². The first-order chi connectivity index (χ1) is 15.4. The minimum atomic E-state index is -0.348. The number of benzene rings is 1. The predicted octanol–water partition coefficient (Wildman–Crippen LogP) is 5.04. The van der Waals surface area contributed by atoms with Gasteiger partial charge in [-0.1, -0.05) is 11.6 Å². The number of thiophene rings is 1. The van der Waals surface area contributed by atoms with Crippen molar-refractivity contribution in [2.45, 2.75) is 51.7 Å². The molecule has 0 radical (unpaired) electrons. The van der Waals surface area contributed by atoms with E-state index in [1.807, 2.05) is 12.1 Å². The summed E-state index contributed by atoms with van der Waals surface area (Å²) >= 11 is 7.64. The zero-order valence-corrected chi connectivity index (χ0v) is 19.9. The van der Waals surface area contributed by atoms with Crippen molar-refractivity contribution in [3.63, 3.8) is 0 Å². The van der Waals surface area contributed by atoms with Gasteiger partial charge in [0.2, 0.25) is 0 Å². The summed E-state index contributed by atoms with van der Waals surface area (Å²) in [7, 11) is 1.38. The lowest BCUT2D eigenvalue weighted by Gasteiger charge is -2.22. The van der Waals surface area contributed by atoms with Gasteiger partial charge in [0.1, 0.15) is 17.2 Å². The first-order valence-corrected chi connectivity index (χ1v) is 12.0. The molecule has 1 aliphatic rings. The summed E-state index contributed by atoms with van der Waals surface area (Å²) in [6.07, 6.45) is 4.07. The van der Waals surface area contributed by atoms with E-state index < -0.39 is 0 Å². The standard InChI is InChI=1S/C24H29ClO6S/c1-15(26)30-13-16-10-18(25)12-19(11-16)31-14-17-6-8-22(27)21(17)5-3-4-20-7-9-23(32-20)24(28)29-2/h7,9-12,17,21-22,27H,3-6,8,13-14H2,1-2H3/t17-,21-,22+/m1/s1.